The lowest BCUT2D eigenvalue weighted by atomic mass is 9.71. The van der Waals surface area contributed by atoms with Crippen molar-refractivity contribution in [2.45, 2.75) is 74.6 Å². The summed E-state index contributed by atoms with van der Waals surface area (Å²) in [6.45, 7) is 9.44. The highest BCUT2D eigenvalue weighted by Gasteiger charge is 2.62. The SMILES string of the molecule is C=CCOc1cc2c(cc1OC)[C@@]1(CS[C@@H]3c4c(OC(C)=O)c(C)c5c(c4[C@@H](COC1=O)N1[C@@H]3[C@H]3c4c(cc(C)c(OC)c4O)C[C@@H]([C@@H]1C#N)N3C)OCO5)NCC2. The number of phenols is 1. The first-order valence-electron chi connectivity index (χ1n) is 19.4. The number of rotatable bonds is 6. The molecule has 1 spiro atoms. The molecule has 2 N–H and O–H groups in total. The molecule has 0 unspecified atom stereocenters. The van der Waals surface area contributed by atoms with E-state index in [-0.39, 0.29) is 37.6 Å². The van der Waals surface area contributed by atoms with Gasteiger partial charge in [-0.2, -0.15) is 5.26 Å². The van der Waals surface area contributed by atoms with E-state index in [0.29, 0.717) is 81.7 Å². The molecule has 2 fully saturated rings. The second-order valence-electron chi connectivity index (χ2n) is 15.7. The van der Waals surface area contributed by atoms with Crippen molar-refractivity contribution in [3.8, 4) is 46.3 Å². The Morgan fingerprint density at radius 1 is 1.10 bits per heavy atom. The number of hydrogen-bond acceptors (Lipinski definition) is 15. The molecule has 0 amide bonds. The molecule has 7 heterocycles. The van der Waals surface area contributed by atoms with Gasteiger partial charge in [0.05, 0.1) is 37.6 Å². The monoisotopic (exact) mass is 810 g/mol. The third-order valence-corrected chi connectivity index (χ3v) is 14.2. The van der Waals surface area contributed by atoms with Gasteiger partial charge in [-0.25, -0.2) is 4.79 Å². The van der Waals surface area contributed by atoms with E-state index in [1.807, 2.05) is 33.0 Å². The summed E-state index contributed by atoms with van der Waals surface area (Å²) in [4.78, 5) is 32.3. The average molecular weight is 811 g/mol. The van der Waals surface area contributed by atoms with Crippen LogP contribution < -0.4 is 33.7 Å². The number of carbonyl (C=O) groups is 2. The number of aromatic hydroxyl groups is 1. The zero-order valence-corrected chi connectivity index (χ0v) is 34.1. The lowest BCUT2D eigenvalue weighted by Crippen LogP contribution is -2.69. The molecule has 7 atom stereocenters. The van der Waals surface area contributed by atoms with Crippen molar-refractivity contribution < 1.29 is 47.9 Å². The summed E-state index contributed by atoms with van der Waals surface area (Å²) >= 11 is 1.51. The van der Waals surface area contributed by atoms with E-state index in [0.717, 1.165) is 16.7 Å². The van der Waals surface area contributed by atoms with Gasteiger partial charge in [0.15, 0.2) is 40.0 Å². The van der Waals surface area contributed by atoms with Gasteiger partial charge in [-0.05, 0) is 68.1 Å². The molecule has 2 saturated heterocycles. The van der Waals surface area contributed by atoms with Crippen LogP contribution in [0.1, 0.15) is 68.8 Å². The van der Waals surface area contributed by atoms with Gasteiger partial charge in [0, 0.05) is 53.6 Å². The zero-order chi connectivity index (χ0) is 40.8. The van der Waals surface area contributed by atoms with Crippen LogP contribution in [0.4, 0.5) is 0 Å². The normalized spacial score (nSPS) is 27.9. The number of hydrogen-bond donors (Lipinski definition) is 2. The van der Waals surface area contributed by atoms with Gasteiger partial charge in [-0.3, -0.25) is 19.9 Å². The first-order chi connectivity index (χ1) is 28.0. The van der Waals surface area contributed by atoms with Gasteiger partial charge in [0.2, 0.25) is 6.79 Å². The summed E-state index contributed by atoms with van der Waals surface area (Å²) < 4.78 is 42.6. The van der Waals surface area contributed by atoms with Crippen LogP contribution in [-0.2, 0) is 32.7 Å². The Hall–Kier alpha value is -5.14. The first-order valence-corrected chi connectivity index (χ1v) is 20.5. The number of fused-ring (bicyclic) bond motifs is 9. The number of likely N-dealkylation sites (N-methyl/N-ethyl adjacent to an activating group) is 1. The summed E-state index contributed by atoms with van der Waals surface area (Å²) in [6, 6.07) is 5.78. The Balaban J connectivity index is 1.31. The Labute approximate surface area is 340 Å². The molecule has 3 aromatic rings. The van der Waals surface area contributed by atoms with Crippen molar-refractivity contribution in [3.05, 3.63) is 75.4 Å². The van der Waals surface area contributed by atoms with Crippen LogP contribution in [0.15, 0.2) is 30.9 Å². The Morgan fingerprint density at radius 2 is 1.90 bits per heavy atom. The number of piperazine rings is 1. The van der Waals surface area contributed by atoms with E-state index in [1.54, 1.807) is 20.3 Å². The molecule has 14 nitrogen and oxygen atoms in total. The second-order valence-corrected chi connectivity index (χ2v) is 16.8. The van der Waals surface area contributed by atoms with Crippen molar-refractivity contribution in [2.24, 2.45) is 0 Å². The number of nitrogens with one attached hydrogen (secondary N) is 1. The number of esters is 2. The van der Waals surface area contributed by atoms with E-state index >= 15 is 0 Å². The van der Waals surface area contributed by atoms with E-state index in [9.17, 15) is 20.0 Å². The molecule has 58 heavy (non-hydrogen) atoms. The standard InChI is InChI=1S/C43H46N4O10S/c1-8-11-53-30-14-23-9-10-45-43(25(23)15-29(30)51-6)18-58-41-33-32(40-39(55-19-56-40)21(3)38(33)57-22(4)48)28(17-54-42(43)50)47-27(16-44)26-13-24-12-20(2)37(52-7)36(49)31(24)34(35(41)47)46(26)5/h8,12,14-15,26-28,34-35,41,45,49H,1,9-11,13,17-19H2,2-7H3/t26-,27-,28+,34+,35+,41+,43+/m0/s1. The highest BCUT2D eigenvalue weighted by Crippen LogP contribution is 2.64. The van der Waals surface area contributed by atoms with Crippen LogP contribution >= 0.6 is 11.8 Å². The van der Waals surface area contributed by atoms with E-state index in [4.69, 9.17) is 33.2 Å². The molecule has 3 aromatic carbocycles. The number of carbonyl (C=O) groups excluding carboxylic acids is 2. The van der Waals surface area contributed by atoms with Gasteiger partial charge in [-0.1, -0.05) is 18.7 Å². The number of benzene rings is 3. The van der Waals surface area contributed by atoms with Crippen LogP contribution in [0.2, 0.25) is 0 Å². The molecule has 15 heteroatoms. The molecule has 0 aromatic heterocycles. The summed E-state index contributed by atoms with van der Waals surface area (Å²) in [7, 11) is 5.11. The average Bonchev–Trinajstić information content (AvgIpc) is 3.70. The maximum absolute atomic E-state index is 14.9. The maximum Gasteiger partial charge on any atom is 0.331 e. The van der Waals surface area contributed by atoms with E-state index < -0.39 is 46.9 Å². The van der Waals surface area contributed by atoms with Crippen molar-refractivity contribution >= 4 is 23.7 Å². The third-order valence-electron chi connectivity index (χ3n) is 12.8. The number of ether oxygens (including phenoxy) is 7. The predicted octanol–water partition coefficient (Wildman–Crippen LogP) is 4.85. The molecular weight excluding hydrogens is 765 g/mol. The molecule has 7 aliphatic rings. The summed E-state index contributed by atoms with van der Waals surface area (Å²) in [6.07, 6.45) is 2.78. The van der Waals surface area contributed by atoms with E-state index in [2.05, 4.69) is 33.8 Å². The minimum Gasteiger partial charge on any atom is -0.504 e. The second kappa shape index (κ2) is 14.3. The van der Waals surface area contributed by atoms with Gasteiger partial charge < -0.3 is 38.3 Å². The Morgan fingerprint density at radius 3 is 2.62 bits per heavy atom. The molecule has 7 aliphatic heterocycles. The fourth-order valence-electron chi connectivity index (χ4n) is 10.4. The lowest BCUT2D eigenvalue weighted by Gasteiger charge is -2.62. The quantitative estimate of drug-likeness (QED) is 0.198. The topological polar surface area (TPSA) is 161 Å². The number of phenolic OH excluding ortho intramolecular Hbond substituents is 1. The smallest absolute Gasteiger partial charge is 0.331 e. The van der Waals surface area contributed by atoms with Crippen molar-refractivity contribution in [2.75, 3.05) is 53.6 Å². The van der Waals surface area contributed by atoms with Crippen LogP contribution in [0, 0.1) is 25.2 Å². The molecule has 304 valence electrons. The van der Waals surface area contributed by atoms with E-state index in [1.165, 1.54) is 18.7 Å². The molecule has 0 saturated carbocycles. The van der Waals surface area contributed by atoms with Crippen LogP contribution in [0.3, 0.4) is 0 Å². The van der Waals surface area contributed by atoms with Gasteiger partial charge in [0.1, 0.15) is 25.0 Å². The fourth-order valence-corrected chi connectivity index (χ4v) is 12.1. The highest BCUT2D eigenvalue weighted by molar-refractivity contribution is 7.99. The minimum atomic E-state index is -1.33. The van der Waals surface area contributed by atoms with Crippen molar-refractivity contribution in [1.29, 1.82) is 5.26 Å². The molecular formula is C43H46N4O10S. The predicted molar refractivity (Wildman–Crippen MR) is 212 cm³/mol. The first kappa shape index (κ1) is 38.4. The van der Waals surface area contributed by atoms with Crippen molar-refractivity contribution in [3.63, 3.8) is 0 Å². The number of thioether (sulfide) groups is 1. The maximum atomic E-state index is 14.9. The van der Waals surface area contributed by atoms with Gasteiger partial charge in [0.25, 0.3) is 0 Å². The lowest BCUT2D eigenvalue weighted by molar-refractivity contribution is -0.157. The number of nitriles is 1. The van der Waals surface area contributed by atoms with Gasteiger partial charge >= 0.3 is 11.9 Å². The largest absolute Gasteiger partial charge is 0.504 e. The summed E-state index contributed by atoms with van der Waals surface area (Å²) in [5.74, 6) is 1.90. The molecule has 4 bridgehead atoms. The fraction of sp³-hybridized carbons (Fsp3) is 0.465. The number of nitrogens with zero attached hydrogens (tertiary/aromatic N) is 3. The molecule has 0 radical (unpaired) electrons. The molecule has 0 aliphatic carbocycles. The van der Waals surface area contributed by atoms with Crippen LogP contribution in [-0.4, -0.2) is 98.5 Å². The summed E-state index contributed by atoms with van der Waals surface area (Å²) in [5, 5.41) is 26.3. The molecule has 10 rings (SSSR count). The Bertz CT molecular complexity index is 2310. The minimum absolute atomic E-state index is 0.0516. The van der Waals surface area contributed by atoms with Crippen LogP contribution in [0.5, 0.6) is 40.2 Å². The number of methoxy groups -OCH3 is 2. The highest BCUT2D eigenvalue weighted by atomic mass is 32.2. The van der Waals surface area contributed by atoms with Crippen LogP contribution in [0.25, 0.3) is 0 Å². The van der Waals surface area contributed by atoms with Crippen molar-refractivity contribution in [1.82, 2.24) is 15.1 Å². The van der Waals surface area contributed by atoms with Gasteiger partial charge in [-0.15, -0.1) is 11.8 Å². The zero-order valence-electron chi connectivity index (χ0n) is 33.3. The summed E-state index contributed by atoms with van der Waals surface area (Å²) in [5.41, 5.74) is 4.71. The number of aryl methyl sites for hydroxylation is 1. The Kier molecular flexibility index (Phi) is 9.46. The third kappa shape index (κ3) is 5.41.